The van der Waals surface area contributed by atoms with Gasteiger partial charge >= 0.3 is 0 Å². The normalized spacial score (nSPS) is 13.9. The molecule has 2 atom stereocenters. The summed E-state index contributed by atoms with van der Waals surface area (Å²) < 4.78 is 12.1. The van der Waals surface area contributed by atoms with Crippen LogP contribution in [0.5, 0.6) is 0 Å². The van der Waals surface area contributed by atoms with Crippen LogP contribution in [0.1, 0.15) is 31.4 Å². The molecule has 2 unspecified atom stereocenters. The Kier molecular flexibility index (Phi) is 6.05. The summed E-state index contributed by atoms with van der Waals surface area (Å²) >= 11 is 0. The van der Waals surface area contributed by atoms with Crippen molar-refractivity contribution in [1.82, 2.24) is 5.32 Å². The van der Waals surface area contributed by atoms with Crippen LogP contribution in [0, 0.1) is 6.92 Å². The number of carbonyl (C=O) groups is 1. The van der Waals surface area contributed by atoms with Crippen LogP contribution < -0.4 is 5.32 Å². The number of rotatable bonds is 6. The van der Waals surface area contributed by atoms with E-state index in [9.17, 15) is 9.00 Å². The molecule has 3 nitrogen and oxygen atoms in total. The van der Waals surface area contributed by atoms with E-state index in [1.165, 1.54) is 0 Å². The van der Waals surface area contributed by atoms with E-state index in [1.54, 1.807) is 6.92 Å². The van der Waals surface area contributed by atoms with Crippen LogP contribution in [0.3, 0.4) is 0 Å². The number of hydrogen-bond acceptors (Lipinski definition) is 2. The lowest BCUT2D eigenvalue weighted by atomic mass is 10.2. The fraction of sp³-hybridized carbons (Fsp3) is 0.500. The van der Waals surface area contributed by atoms with Crippen LogP contribution in [-0.2, 0) is 21.3 Å². The fourth-order valence-corrected chi connectivity index (χ4v) is 2.68. The van der Waals surface area contributed by atoms with Crippen molar-refractivity contribution in [2.24, 2.45) is 0 Å². The Hall–Kier alpha value is -1.16. The predicted octanol–water partition coefficient (Wildman–Crippen LogP) is 2.16. The second-order valence-electron chi connectivity index (χ2n) is 4.45. The van der Waals surface area contributed by atoms with E-state index in [0.29, 0.717) is 12.3 Å². The van der Waals surface area contributed by atoms with Crippen molar-refractivity contribution >= 4 is 16.7 Å². The van der Waals surface area contributed by atoms with E-state index in [1.807, 2.05) is 38.1 Å². The molecule has 0 saturated heterocycles. The quantitative estimate of drug-likeness (QED) is 0.858. The first-order chi connectivity index (χ1) is 8.54. The smallest absolute Gasteiger partial charge is 0.235 e. The summed E-state index contributed by atoms with van der Waals surface area (Å²) in [5.41, 5.74) is 2.16. The Morgan fingerprint density at radius 3 is 2.78 bits per heavy atom. The molecule has 0 aliphatic heterocycles. The van der Waals surface area contributed by atoms with Gasteiger partial charge < -0.3 is 5.32 Å². The zero-order chi connectivity index (χ0) is 13.5. The standard InChI is InChI=1S/C14H21NO2S/c1-4-8-15-14(16)12(3)18(17)10-13-7-5-6-11(2)9-13/h5-7,9,12H,4,8,10H2,1-3H3,(H,15,16). The number of amides is 1. The van der Waals surface area contributed by atoms with Gasteiger partial charge in [-0.3, -0.25) is 9.00 Å². The largest absolute Gasteiger partial charge is 0.355 e. The highest BCUT2D eigenvalue weighted by molar-refractivity contribution is 7.85. The first-order valence-corrected chi connectivity index (χ1v) is 7.63. The molecule has 0 saturated carbocycles. The molecule has 1 N–H and O–H groups in total. The van der Waals surface area contributed by atoms with E-state index >= 15 is 0 Å². The molecule has 0 fully saturated rings. The average molecular weight is 267 g/mol. The highest BCUT2D eigenvalue weighted by atomic mass is 32.2. The van der Waals surface area contributed by atoms with Gasteiger partial charge in [-0.1, -0.05) is 36.8 Å². The molecule has 1 aromatic carbocycles. The maximum atomic E-state index is 12.1. The van der Waals surface area contributed by atoms with Gasteiger partial charge in [-0.25, -0.2) is 0 Å². The molecule has 0 aromatic heterocycles. The van der Waals surface area contributed by atoms with E-state index in [2.05, 4.69) is 5.32 Å². The third-order valence-electron chi connectivity index (χ3n) is 2.70. The Bertz CT molecular complexity index is 432. The summed E-state index contributed by atoms with van der Waals surface area (Å²) in [5.74, 6) is 0.311. The molecule has 0 aliphatic rings. The van der Waals surface area contributed by atoms with Crippen molar-refractivity contribution in [3.63, 3.8) is 0 Å². The molecule has 0 bridgehead atoms. The Balaban J connectivity index is 2.57. The Morgan fingerprint density at radius 2 is 2.17 bits per heavy atom. The van der Waals surface area contributed by atoms with Crippen LogP contribution in [-0.4, -0.2) is 21.9 Å². The molecule has 0 radical (unpaired) electrons. The second-order valence-corrected chi connectivity index (χ2v) is 6.20. The van der Waals surface area contributed by atoms with E-state index in [4.69, 9.17) is 0 Å². The minimum Gasteiger partial charge on any atom is -0.355 e. The topological polar surface area (TPSA) is 46.2 Å². The summed E-state index contributed by atoms with van der Waals surface area (Å²) in [6, 6.07) is 7.91. The minimum absolute atomic E-state index is 0.122. The number of nitrogens with one attached hydrogen (secondary N) is 1. The summed E-state index contributed by atoms with van der Waals surface area (Å²) in [7, 11) is -1.17. The lowest BCUT2D eigenvalue weighted by Gasteiger charge is -2.12. The van der Waals surface area contributed by atoms with Crippen LogP contribution in [0.4, 0.5) is 0 Å². The molecule has 100 valence electrons. The predicted molar refractivity (Wildman–Crippen MR) is 75.8 cm³/mol. The molecular weight excluding hydrogens is 246 g/mol. The number of hydrogen-bond donors (Lipinski definition) is 1. The molecule has 1 aromatic rings. The first-order valence-electron chi connectivity index (χ1n) is 6.25. The molecule has 0 aliphatic carbocycles. The molecule has 0 heterocycles. The molecule has 18 heavy (non-hydrogen) atoms. The van der Waals surface area contributed by atoms with Gasteiger partial charge in [-0.2, -0.15) is 0 Å². The van der Waals surface area contributed by atoms with Gasteiger partial charge in [0.15, 0.2) is 0 Å². The van der Waals surface area contributed by atoms with Crippen molar-refractivity contribution in [1.29, 1.82) is 0 Å². The van der Waals surface area contributed by atoms with Crippen molar-refractivity contribution in [3.05, 3.63) is 35.4 Å². The fourth-order valence-electron chi connectivity index (χ4n) is 1.60. The average Bonchev–Trinajstić information content (AvgIpc) is 2.35. The van der Waals surface area contributed by atoms with E-state index < -0.39 is 16.0 Å². The zero-order valence-electron chi connectivity index (χ0n) is 11.2. The maximum Gasteiger partial charge on any atom is 0.235 e. The van der Waals surface area contributed by atoms with Gasteiger partial charge in [0.1, 0.15) is 5.25 Å². The lowest BCUT2D eigenvalue weighted by molar-refractivity contribution is -0.120. The number of carbonyl (C=O) groups excluding carboxylic acids is 1. The van der Waals surface area contributed by atoms with Gasteiger partial charge in [0.25, 0.3) is 0 Å². The van der Waals surface area contributed by atoms with Crippen LogP contribution >= 0.6 is 0 Å². The Labute approximate surface area is 111 Å². The zero-order valence-corrected chi connectivity index (χ0v) is 12.0. The summed E-state index contributed by atoms with van der Waals surface area (Å²) in [5, 5.41) is 2.32. The molecule has 4 heteroatoms. The molecule has 1 rings (SSSR count). The highest BCUT2D eigenvalue weighted by Crippen LogP contribution is 2.09. The summed E-state index contributed by atoms with van der Waals surface area (Å²) in [6.45, 7) is 6.36. The van der Waals surface area contributed by atoms with E-state index in [-0.39, 0.29) is 5.91 Å². The van der Waals surface area contributed by atoms with Gasteiger partial charge in [0, 0.05) is 23.1 Å². The third kappa shape index (κ3) is 4.61. The van der Waals surface area contributed by atoms with Crippen molar-refractivity contribution < 1.29 is 9.00 Å². The SMILES string of the molecule is CCCNC(=O)C(C)S(=O)Cc1cccc(C)c1. The molecule has 1 amide bonds. The summed E-state index contributed by atoms with van der Waals surface area (Å²) in [6.07, 6.45) is 0.892. The van der Waals surface area contributed by atoms with Crippen molar-refractivity contribution in [2.75, 3.05) is 6.54 Å². The van der Waals surface area contributed by atoms with Crippen LogP contribution in [0.2, 0.25) is 0 Å². The van der Waals surface area contributed by atoms with Crippen LogP contribution in [0.15, 0.2) is 24.3 Å². The second kappa shape index (κ2) is 7.31. The molecular formula is C14H21NO2S. The lowest BCUT2D eigenvalue weighted by Crippen LogP contribution is -2.36. The monoisotopic (exact) mass is 267 g/mol. The van der Waals surface area contributed by atoms with E-state index in [0.717, 1.165) is 17.5 Å². The first kappa shape index (κ1) is 14.9. The van der Waals surface area contributed by atoms with Gasteiger partial charge in [0.05, 0.1) is 0 Å². The Morgan fingerprint density at radius 1 is 1.44 bits per heavy atom. The summed E-state index contributed by atoms with van der Waals surface area (Å²) in [4.78, 5) is 11.7. The third-order valence-corrected chi connectivity index (χ3v) is 4.32. The van der Waals surface area contributed by atoms with Gasteiger partial charge in [0.2, 0.25) is 5.91 Å². The number of benzene rings is 1. The van der Waals surface area contributed by atoms with Crippen molar-refractivity contribution in [2.45, 2.75) is 38.2 Å². The van der Waals surface area contributed by atoms with Crippen molar-refractivity contribution in [3.8, 4) is 0 Å². The van der Waals surface area contributed by atoms with Gasteiger partial charge in [-0.15, -0.1) is 0 Å². The van der Waals surface area contributed by atoms with Crippen LogP contribution in [0.25, 0.3) is 0 Å². The van der Waals surface area contributed by atoms with Gasteiger partial charge in [-0.05, 0) is 25.8 Å². The number of aryl methyl sites for hydroxylation is 1. The highest BCUT2D eigenvalue weighted by Gasteiger charge is 2.19. The minimum atomic E-state index is -1.17. The molecule has 0 spiro atoms. The maximum absolute atomic E-state index is 12.1.